The van der Waals surface area contributed by atoms with Crippen LogP contribution in [0, 0.1) is 5.92 Å². The first-order valence-electron chi connectivity index (χ1n) is 9.23. The minimum atomic E-state index is -0.296. The number of hydrogen-bond acceptors (Lipinski definition) is 2. The number of rotatable bonds is 6. The quantitative estimate of drug-likeness (QED) is 0.396. The molecular formula is C25H24O2. The molecule has 2 heteroatoms. The average molecular weight is 356 g/mol. The number of hydrogen-bond donors (Lipinski definition) is 0. The van der Waals surface area contributed by atoms with Crippen molar-refractivity contribution in [2.45, 2.75) is 19.8 Å². The monoisotopic (exact) mass is 356 g/mol. The number of carbonyl (C=O) groups is 1. The smallest absolute Gasteiger partial charge is 0.318 e. The zero-order valence-corrected chi connectivity index (χ0v) is 15.7. The van der Waals surface area contributed by atoms with Crippen molar-refractivity contribution in [1.82, 2.24) is 0 Å². The molecule has 3 aromatic rings. The molecule has 0 spiro atoms. The van der Waals surface area contributed by atoms with Gasteiger partial charge in [0.25, 0.3) is 0 Å². The predicted octanol–water partition coefficient (Wildman–Crippen LogP) is 6.06. The summed E-state index contributed by atoms with van der Waals surface area (Å²) in [5, 5.41) is 0. The van der Waals surface area contributed by atoms with Crippen LogP contribution in [0.25, 0.3) is 5.57 Å². The molecule has 0 radical (unpaired) electrons. The van der Waals surface area contributed by atoms with E-state index in [1.54, 1.807) is 6.26 Å². The summed E-state index contributed by atoms with van der Waals surface area (Å²) in [4.78, 5) is 12.9. The topological polar surface area (TPSA) is 26.3 Å². The van der Waals surface area contributed by atoms with Gasteiger partial charge in [0.2, 0.25) is 0 Å². The second kappa shape index (κ2) is 9.00. The molecule has 0 saturated carbocycles. The summed E-state index contributed by atoms with van der Waals surface area (Å²) < 4.78 is 5.69. The van der Waals surface area contributed by atoms with Gasteiger partial charge in [-0.3, -0.25) is 4.79 Å². The molecule has 3 rings (SSSR count). The Balaban J connectivity index is 1.91. The molecule has 0 heterocycles. The van der Waals surface area contributed by atoms with Gasteiger partial charge >= 0.3 is 5.97 Å². The van der Waals surface area contributed by atoms with Crippen molar-refractivity contribution in [3.8, 4) is 0 Å². The van der Waals surface area contributed by atoms with Crippen LogP contribution in [0.5, 0.6) is 0 Å². The van der Waals surface area contributed by atoms with Crippen molar-refractivity contribution >= 4 is 11.5 Å². The summed E-state index contributed by atoms with van der Waals surface area (Å²) in [6, 6.07) is 29.8. The number of ether oxygens (including phenoxy) is 1. The Bertz CT molecular complexity index is 840. The third-order valence-electron chi connectivity index (χ3n) is 4.54. The summed E-state index contributed by atoms with van der Waals surface area (Å²) in [6.45, 7) is 4.08. The van der Waals surface area contributed by atoms with Gasteiger partial charge in [-0.25, -0.2) is 0 Å². The maximum atomic E-state index is 12.9. The Hall–Kier alpha value is -3.13. The minimum absolute atomic E-state index is 0.144. The Morgan fingerprint density at radius 3 is 1.63 bits per heavy atom. The Morgan fingerprint density at radius 2 is 1.19 bits per heavy atom. The van der Waals surface area contributed by atoms with Gasteiger partial charge in [-0.15, -0.1) is 0 Å². The minimum Gasteiger partial charge on any atom is -0.433 e. The highest BCUT2D eigenvalue weighted by Crippen LogP contribution is 2.28. The van der Waals surface area contributed by atoms with Gasteiger partial charge < -0.3 is 4.74 Å². The van der Waals surface area contributed by atoms with E-state index in [0.29, 0.717) is 0 Å². The molecule has 0 saturated heterocycles. The van der Waals surface area contributed by atoms with E-state index in [-0.39, 0.29) is 17.8 Å². The first-order valence-corrected chi connectivity index (χ1v) is 9.23. The van der Waals surface area contributed by atoms with Gasteiger partial charge in [0, 0.05) is 5.57 Å². The van der Waals surface area contributed by atoms with Crippen molar-refractivity contribution in [1.29, 1.82) is 0 Å². The largest absolute Gasteiger partial charge is 0.433 e. The lowest BCUT2D eigenvalue weighted by Gasteiger charge is -2.19. The van der Waals surface area contributed by atoms with Gasteiger partial charge in [-0.2, -0.15) is 0 Å². The molecule has 0 N–H and O–H groups in total. The van der Waals surface area contributed by atoms with Gasteiger partial charge in [0.15, 0.2) is 0 Å². The van der Waals surface area contributed by atoms with E-state index in [0.717, 1.165) is 22.3 Å². The normalized spacial score (nSPS) is 11.7. The summed E-state index contributed by atoms with van der Waals surface area (Å²) in [7, 11) is 0. The van der Waals surface area contributed by atoms with Crippen LogP contribution in [-0.2, 0) is 9.53 Å². The van der Waals surface area contributed by atoms with Crippen LogP contribution in [-0.4, -0.2) is 5.97 Å². The standard InChI is InChI=1S/C25H24O2/c1-19(2)24(22-16-10-5-11-17-22)25(26)27-18-23(20-12-6-3-7-13-20)21-14-8-4-9-15-21/h3-19,24H,1-2H3/t24-/m0/s1. The summed E-state index contributed by atoms with van der Waals surface area (Å²) >= 11 is 0. The van der Waals surface area contributed by atoms with Gasteiger partial charge in [-0.1, -0.05) is 105 Å². The highest BCUT2D eigenvalue weighted by molar-refractivity contribution is 5.83. The lowest BCUT2D eigenvalue weighted by atomic mass is 9.88. The molecule has 0 fully saturated rings. The maximum Gasteiger partial charge on any atom is 0.318 e. The highest BCUT2D eigenvalue weighted by Gasteiger charge is 2.25. The average Bonchev–Trinajstić information content (AvgIpc) is 2.70. The van der Waals surface area contributed by atoms with Gasteiger partial charge in [-0.05, 0) is 22.6 Å². The fourth-order valence-electron chi connectivity index (χ4n) is 3.18. The fourth-order valence-corrected chi connectivity index (χ4v) is 3.18. The van der Waals surface area contributed by atoms with Gasteiger partial charge in [0.1, 0.15) is 6.26 Å². The van der Waals surface area contributed by atoms with Crippen molar-refractivity contribution in [3.05, 3.63) is 114 Å². The third-order valence-corrected chi connectivity index (χ3v) is 4.54. The van der Waals surface area contributed by atoms with Crippen molar-refractivity contribution in [3.63, 3.8) is 0 Å². The van der Waals surface area contributed by atoms with E-state index < -0.39 is 0 Å². The van der Waals surface area contributed by atoms with Crippen molar-refractivity contribution < 1.29 is 9.53 Å². The highest BCUT2D eigenvalue weighted by atomic mass is 16.5. The van der Waals surface area contributed by atoms with E-state index in [4.69, 9.17) is 4.74 Å². The van der Waals surface area contributed by atoms with Crippen LogP contribution < -0.4 is 0 Å². The molecule has 0 aliphatic carbocycles. The SMILES string of the molecule is CC(C)[C@H](C(=O)OC=C(c1ccccc1)c1ccccc1)c1ccccc1. The molecule has 0 aliphatic rings. The Morgan fingerprint density at radius 1 is 0.741 bits per heavy atom. The number of carbonyl (C=O) groups excluding carboxylic acids is 1. The first kappa shape index (κ1) is 18.7. The van der Waals surface area contributed by atoms with Gasteiger partial charge in [0.05, 0.1) is 5.92 Å². The first-order chi connectivity index (χ1) is 13.2. The zero-order chi connectivity index (χ0) is 19.1. The lowest BCUT2D eigenvalue weighted by Crippen LogP contribution is -2.19. The van der Waals surface area contributed by atoms with E-state index >= 15 is 0 Å². The van der Waals surface area contributed by atoms with E-state index in [2.05, 4.69) is 0 Å². The molecule has 2 nitrogen and oxygen atoms in total. The molecule has 0 unspecified atom stereocenters. The van der Waals surface area contributed by atoms with Crippen molar-refractivity contribution in [2.75, 3.05) is 0 Å². The van der Waals surface area contributed by atoms with E-state index in [1.165, 1.54) is 0 Å². The predicted molar refractivity (Wildman–Crippen MR) is 110 cm³/mol. The third kappa shape index (κ3) is 4.73. The van der Waals surface area contributed by atoms with Crippen LogP contribution in [0.3, 0.4) is 0 Å². The van der Waals surface area contributed by atoms with Crippen LogP contribution >= 0.6 is 0 Å². The molecule has 0 amide bonds. The molecule has 27 heavy (non-hydrogen) atoms. The van der Waals surface area contributed by atoms with E-state index in [1.807, 2.05) is 105 Å². The molecule has 0 aromatic heterocycles. The van der Waals surface area contributed by atoms with Crippen LogP contribution in [0.1, 0.15) is 36.5 Å². The second-order valence-corrected chi connectivity index (χ2v) is 6.83. The maximum absolute atomic E-state index is 12.9. The Kier molecular flexibility index (Phi) is 6.22. The summed E-state index contributed by atoms with van der Waals surface area (Å²) in [5.41, 5.74) is 3.89. The van der Waals surface area contributed by atoms with Crippen LogP contribution in [0.2, 0.25) is 0 Å². The number of benzene rings is 3. The van der Waals surface area contributed by atoms with E-state index in [9.17, 15) is 4.79 Å². The fraction of sp³-hybridized carbons (Fsp3) is 0.160. The Labute approximate surface area is 161 Å². The molecule has 136 valence electrons. The second-order valence-electron chi connectivity index (χ2n) is 6.83. The lowest BCUT2D eigenvalue weighted by molar-refractivity contribution is -0.140. The molecule has 0 aliphatic heterocycles. The molecule has 0 bridgehead atoms. The zero-order valence-electron chi connectivity index (χ0n) is 15.7. The molecule has 1 atom stereocenters. The van der Waals surface area contributed by atoms with Crippen LogP contribution in [0.15, 0.2) is 97.3 Å². The summed E-state index contributed by atoms with van der Waals surface area (Å²) in [5.74, 6) is -0.388. The summed E-state index contributed by atoms with van der Waals surface area (Å²) in [6.07, 6.45) is 1.59. The van der Waals surface area contributed by atoms with Crippen LogP contribution in [0.4, 0.5) is 0 Å². The number of esters is 1. The molecule has 3 aromatic carbocycles. The van der Waals surface area contributed by atoms with Crippen molar-refractivity contribution in [2.24, 2.45) is 5.92 Å². The molecular weight excluding hydrogens is 332 g/mol.